The molecule has 3 nitrogen and oxygen atoms in total. The van der Waals surface area contributed by atoms with Crippen molar-refractivity contribution in [3.63, 3.8) is 0 Å². The fraction of sp³-hybridized carbons (Fsp3) is 0.500. The van der Waals surface area contributed by atoms with Crippen LogP contribution in [0.5, 0.6) is 0 Å². The van der Waals surface area contributed by atoms with E-state index in [-0.39, 0.29) is 6.04 Å². The van der Waals surface area contributed by atoms with Crippen molar-refractivity contribution in [1.29, 1.82) is 0 Å². The Hall–Kier alpha value is -1.35. The fourth-order valence-electron chi connectivity index (χ4n) is 1.76. The lowest BCUT2D eigenvalue weighted by Crippen LogP contribution is -2.28. The van der Waals surface area contributed by atoms with E-state index in [0.29, 0.717) is 6.42 Å². The van der Waals surface area contributed by atoms with Crippen LogP contribution >= 0.6 is 0 Å². The molecule has 1 rings (SSSR count). The van der Waals surface area contributed by atoms with Gasteiger partial charge in [-0.2, -0.15) is 0 Å². The van der Waals surface area contributed by atoms with E-state index in [4.69, 9.17) is 10.8 Å². The average Bonchev–Trinajstić information content (AvgIpc) is 2.28. The first-order chi connectivity index (χ1) is 7.86. The lowest BCUT2D eigenvalue weighted by molar-refractivity contribution is -0.147. The van der Waals surface area contributed by atoms with Gasteiger partial charge in [0.25, 0.3) is 0 Å². The molecule has 1 atom stereocenters. The summed E-state index contributed by atoms with van der Waals surface area (Å²) in [7, 11) is 0. The third kappa shape index (κ3) is 3.56. The molecule has 1 aromatic carbocycles. The largest absolute Gasteiger partial charge is 0.481 e. The van der Waals surface area contributed by atoms with Crippen molar-refractivity contribution in [3.8, 4) is 0 Å². The van der Waals surface area contributed by atoms with E-state index in [1.807, 2.05) is 24.3 Å². The Morgan fingerprint density at radius 3 is 2.29 bits per heavy atom. The minimum Gasteiger partial charge on any atom is -0.481 e. The second-order valence-electron chi connectivity index (χ2n) is 5.09. The zero-order valence-electron chi connectivity index (χ0n) is 10.7. The Kier molecular flexibility index (Phi) is 4.29. The van der Waals surface area contributed by atoms with Gasteiger partial charge in [0.15, 0.2) is 0 Å². The van der Waals surface area contributed by atoms with Crippen molar-refractivity contribution in [2.75, 3.05) is 0 Å². The van der Waals surface area contributed by atoms with Gasteiger partial charge in [-0.15, -0.1) is 0 Å². The fourth-order valence-corrected chi connectivity index (χ4v) is 1.76. The second kappa shape index (κ2) is 5.32. The summed E-state index contributed by atoms with van der Waals surface area (Å²) in [5.74, 6) is -0.807. The van der Waals surface area contributed by atoms with Gasteiger partial charge in [-0.25, -0.2) is 0 Å². The molecule has 0 aliphatic heterocycles. The van der Waals surface area contributed by atoms with E-state index in [2.05, 4.69) is 6.92 Å². The smallest absolute Gasteiger partial charge is 0.309 e. The number of hydrogen-bond acceptors (Lipinski definition) is 2. The number of rotatable bonds is 5. The van der Waals surface area contributed by atoms with Crippen LogP contribution < -0.4 is 5.73 Å². The second-order valence-corrected chi connectivity index (χ2v) is 5.09. The lowest BCUT2D eigenvalue weighted by Gasteiger charge is -2.23. The predicted molar refractivity (Wildman–Crippen MR) is 68.8 cm³/mol. The maximum absolute atomic E-state index is 11.0. The summed E-state index contributed by atoms with van der Waals surface area (Å²) < 4.78 is 0. The predicted octanol–water partition coefficient (Wildman–Crippen LogP) is 2.75. The monoisotopic (exact) mass is 235 g/mol. The Morgan fingerprint density at radius 2 is 1.88 bits per heavy atom. The highest BCUT2D eigenvalue weighted by molar-refractivity contribution is 5.73. The topological polar surface area (TPSA) is 63.3 Å². The van der Waals surface area contributed by atoms with Gasteiger partial charge in [0, 0.05) is 6.04 Å². The van der Waals surface area contributed by atoms with Crippen molar-refractivity contribution < 1.29 is 9.90 Å². The molecule has 0 spiro atoms. The lowest BCUT2D eigenvalue weighted by atomic mass is 9.84. The zero-order chi connectivity index (χ0) is 13.1. The van der Waals surface area contributed by atoms with Gasteiger partial charge in [0.2, 0.25) is 0 Å². The summed E-state index contributed by atoms with van der Waals surface area (Å²) >= 11 is 0. The normalized spacial score (nSPS) is 13.4. The minimum absolute atomic E-state index is 0.230. The molecule has 0 aromatic heterocycles. The molecule has 1 aromatic rings. The summed E-state index contributed by atoms with van der Waals surface area (Å²) in [6, 6.07) is 7.83. The average molecular weight is 235 g/mol. The van der Waals surface area contributed by atoms with Gasteiger partial charge in [0.1, 0.15) is 0 Å². The summed E-state index contributed by atoms with van der Waals surface area (Å²) in [5, 5.41) is 9.06. The molecule has 1 unspecified atom stereocenters. The van der Waals surface area contributed by atoms with Gasteiger partial charge in [-0.1, -0.05) is 31.2 Å². The van der Waals surface area contributed by atoms with Crippen LogP contribution in [0, 0.1) is 5.41 Å². The summed E-state index contributed by atoms with van der Waals surface area (Å²) in [5.41, 5.74) is 7.52. The Bertz CT molecular complexity index is 382. The quantitative estimate of drug-likeness (QED) is 0.824. The molecule has 0 bridgehead atoms. The molecule has 0 amide bonds. The van der Waals surface area contributed by atoms with Crippen LogP contribution in [0.3, 0.4) is 0 Å². The molecule has 0 fully saturated rings. The van der Waals surface area contributed by atoms with Crippen molar-refractivity contribution in [1.82, 2.24) is 0 Å². The van der Waals surface area contributed by atoms with E-state index >= 15 is 0 Å². The van der Waals surface area contributed by atoms with Crippen LogP contribution in [-0.2, 0) is 11.2 Å². The summed E-state index contributed by atoms with van der Waals surface area (Å²) in [4.78, 5) is 11.0. The molecule has 17 heavy (non-hydrogen) atoms. The Balaban J connectivity index is 2.76. The first kappa shape index (κ1) is 13.7. The minimum atomic E-state index is -0.807. The molecule has 94 valence electrons. The third-order valence-electron chi connectivity index (χ3n) is 3.13. The number of carboxylic acids is 1. The van der Waals surface area contributed by atoms with E-state index < -0.39 is 11.4 Å². The van der Waals surface area contributed by atoms with E-state index in [9.17, 15) is 4.79 Å². The summed E-state index contributed by atoms with van der Waals surface area (Å²) in [6.45, 7) is 5.51. The number of carbonyl (C=O) groups is 1. The molecular weight excluding hydrogens is 214 g/mol. The number of carboxylic acid groups (broad SMARTS) is 1. The Morgan fingerprint density at radius 1 is 1.35 bits per heavy atom. The maximum atomic E-state index is 11.0. The highest BCUT2D eigenvalue weighted by Gasteiger charge is 2.29. The van der Waals surface area contributed by atoms with Crippen LogP contribution in [0.25, 0.3) is 0 Å². The number of nitrogens with two attached hydrogens (primary N) is 1. The molecule has 0 saturated heterocycles. The van der Waals surface area contributed by atoms with Gasteiger partial charge in [0.05, 0.1) is 5.41 Å². The summed E-state index contributed by atoms with van der Waals surface area (Å²) in [6.07, 6.45) is 1.43. The first-order valence-corrected chi connectivity index (χ1v) is 5.94. The van der Waals surface area contributed by atoms with Crippen molar-refractivity contribution in [3.05, 3.63) is 35.4 Å². The standard InChI is InChI=1S/C14H21NO2/c1-4-10-5-7-11(8-6-10)12(15)9-14(2,3)13(16)17/h5-8,12H,4,9,15H2,1-3H3,(H,16,17). The van der Waals surface area contributed by atoms with E-state index in [1.54, 1.807) is 13.8 Å². The van der Waals surface area contributed by atoms with Crippen LogP contribution in [0.2, 0.25) is 0 Å². The van der Waals surface area contributed by atoms with Gasteiger partial charge < -0.3 is 10.8 Å². The van der Waals surface area contributed by atoms with Crippen LogP contribution in [0.15, 0.2) is 24.3 Å². The van der Waals surface area contributed by atoms with Gasteiger partial charge >= 0.3 is 5.97 Å². The van der Waals surface area contributed by atoms with Crippen molar-refractivity contribution >= 4 is 5.97 Å². The van der Waals surface area contributed by atoms with E-state index in [1.165, 1.54) is 5.56 Å². The molecule has 0 aliphatic carbocycles. The molecule has 0 saturated carbocycles. The first-order valence-electron chi connectivity index (χ1n) is 5.94. The number of benzene rings is 1. The highest BCUT2D eigenvalue weighted by Crippen LogP contribution is 2.28. The van der Waals surface area contributed by atoms with Gasteiger partial charge in [-0.3, -0.25) is 4.79 Å². The molecule has 3 heteroatoms. The Labute approximate surface area is 103 Å². The molecule has 0 aliphatic rings. The number of aryl methyl sites for hydroxylation is 1. The van der Waals surface area contributed by atoms with Crippen molar-refractivity contribution in [2.45, 2.75) is 39.7 Å². The SMILES string of the molecule is CCc1ccc(C(N)CC(C)(C)C(=O)O)cc1. The molecule has 3 N–H and O–H groups in total. The molecule has 0 radical (unpaired) electrons. The third-order valence-corrected chi connectivity index (χ3v) is 3.13. The van der Waals surface area contributed by atoms with Crippen LogP contribution in [0.4, 0.5) is 0 Å². The highest BCUT2D eigenvalue weighted by atomic mass is 16.4. The number of aliphatic carboxylic acids is 1. The van der Waals surface area contributed by atoms with E-state index in [0.717, 1.165) is 12.0 Å². The van der Waals surface area contributed by atoms with Crippen LogP contribution in [0.1, 0.15) is 44.4 Å². The van der Waals surface area contributed by atoms with Crippen LogP contribution in [-0.4, -0.2) is 11.1 Å². The molecular formula is C14H21NO2. The number of hydrogen-bond donors (Lipinski definition) is 2. The molecule has 0 heterocycles. The zero-order valence-corrected chi connectivity index (χ0v) is 10.7. The maximum Gasteiger partial charge on any atom is 0.309 e. The van der Waals surface area contributed by atoms with Crippen molar-refractivity contribution in [2.24, 2.45) is 11.1 Å². The van der Waals surface area contributed by atoms with Gasteiger partial charge in [-0.05, 0) is 37.8 Å².